The normalized spacial score (nSPS) is 10.7. The summed E-state index contributed by atoms with van der Waals surface area (Å²) in [6, 6.07) is 5.75. The zero-order valence-electron chi connectivity index (χ0n) is 10.9. The zero-order chi connectivity index (χ0) is 12.8. The van der Waals surface area contributed by atoms with Gasteiger partial charge in [-0.1, -0.05) is 26.2 Å². The van der Waals surface area contributed by atoms with Crippen molar-refractivity contribution in [2.75, 3.05) is 12.3 Å². The smallest absolute Gasteiger partial charge is 0.128 e. The van der Waals surface area contributed by atoms with Crippen molar-refractivity contribution in [2.45, 2.75) is 32.6 Å². The Kier molecular flexibility index (Phi) is 4.40. The largest absolute Gasteiger partial charge is 0.493 e. The number of hydrogen-bond donors (Lipinski definition) is 1. The van der Waals surface area contributed by atoms with E-state index in [-0.39, 0.29) is 0 Å². The van der Waals surface area contributed by atoms with E-state index in [0.717, 1.165) is 35.2 Å². The van der Waals surface area contributed by atoms with Crippen LogP contribution in [0.2, 0.25) is 0 Å². The van der Waals surface area contributed by atoms with E-state index in [1.54, 1.807) is 6.20 Å². The Morgan fingerprint density at radius 3 is 2.83 bits per heavy atom. The van der Waals surface area contributed by atoms with Gasteiger partial charge in [-0.15, -0.1) is 0 Å². The number of hydrogen-bond acceptors (Lipinski definition) is 3. The molecule has 0 atom stereocenters. The predicted octanol–water partition coefficient (Wildman–Crippen LogP) is 3.78. The molecule has 2 N–H and O–H groups in total. The van der Waals surface area contributed by atoms with Gasteiger partial charge in [-0.25, -0.2) is 0 Å². The van der Waals surface area contributed by atoms with E-state index in [4.69, 9.17) is 10.5 Å². The molecule has 3 heteroatoms. The molecule has 2 rings (SSSR count). The van der Waals surface area contributed by atoms with Gasteiger partial charge < -0.3 is 10.5 Å². The summed E-state index contributed by atoms with van der Waals surface area (Å²) in [6.07, 6.45) is 8.40. The topological polar surface area (TPSA) is 48.1 Å². The highest BCUT2D eigenvalue weighted by Crippen LogP contribution is 2.29. The first-order valence-electron chi connectivity index (χ1n) is 6.58. The molecule has 18 heavy (non-hydrogen) atoms. The van der Waals surface area contributed by atoms with E-state index in [1.165, 1.54) is 19.3 Å². The SMILES string of the molecule is CCCCCCOc1ccc(N)c2ccncc12. The number of nitrogens with zero attached hydrogens (tertiary/aromatic N) is 1. The van der Waals surface area contributed by atoms with Crippen LogP contribution < -0.4 is 10.5 Å². The molecule has 0 aliphatic carbocycles. The van der Waals surface area contributed by atoms with Gasteiger partial charge in [-0.2, -0.15) is 0 Å². The number of nitrogens with two attached hydrogens (primary N) is 1. The molecular weight excluding hydrogens is 224 g/mol. The number of unbranched alkanes of at least 4 members (excludes halogenated alkanes) is 3. The molecule has 0 saturated heterocycles. The summed E-state index contributed by atoms with van der Waals surface area (Å²) < 4.78 is 5.83. The molecule has 0 aliphatic rings. The number of ether oxygens (including phenoxy) is 1. The van der Waals surface area contributed by atoms with Crippen LogP contribution in [-0.2, 0) is 0 Å². The lowest BCUT2D eigenvalue weighted by Gasteiger charge is -2.10. The highest BCUT2D eigenvalue weighted by atomic mass is 16.5. The maximum atomic E-state index is 5.94. The second-order valence-electron chi connectivity index (χ2n) is 4.48. The number of fused-ring (bicyclic) bond motifs is 1. The summed E-state index contributed by atoms with van der Waals surface area (Å²) in [5.74, 6) is 0.879. The molecule has 0 unspecified atom stereocenters. The monoisotopic (exact) mass is 244 g/mol. The van der Waals surface area contributed by atoms with Crippen molar-refractivity contribution in [3.8, 4) is 5.75 Å². The third kappa shape index (κ3) is 2.92. The first-order chi connectivity index (χ1) is 8.83. The highest BCUT2D eigenvalue weighted by molar-refractivity contribution is 5.96. The van der Waals surface area contributed by atoms with E-state index < -0.39 is 0 Å². The van der Waals surface area contributed by atoms with Gasteiger partial charge in [0.05, 0.1) is 6.61 Å². The second kappa shape index (κ2) is 6.24. The summed E-state index contributed by atoms with van der Waals surface area (Å²) >= 11 is 0. The predicted molar refractivity (Wildman–Crippen MR) is 75.8 cm³/mol. The van der Waals surface area contributed by atoms with Crippen molar-refractivity contribution in [3.05, 3.63) is 30.6 Å². The first kappa shape index (κ1) is 12.7. The van der Waals surface area contributed by atoms with E-state index in [9.17, 15) is 0 Å². The number of aromatic nitrogens is 1. The second-order valence-corrected chi connectivity index (χ2v) is 4.48. The molecule has 0 fully saturated rings. The van der Waals surface area contributed by atoms with Gasteiger partial charge in [0, 0.05) is 28.9 Å². The lowest BCUT2D eigenvalue weighted by Crippen LogP contribution is -1.99. The number of rotatable bonds is 6. The maximum absolute atomic E-state index is 5.94. The molecule has 0 amide bonds. The summed E-state index contributed by atoms with van der Waals surface area (Å²) in [4.78, 5) is 4.14. The van der Waals surface area contributed by atoms with Gasteiger partial charge in [0.15, 0.2) is 0 Å². The minimum absolute atomic E-state index is 0.758. The zero-order valence-corrected chi connectivity index (χ0v) is 10.9. The number of pyridine rings is 1. The van der Waals surface area contributed by atoms with E-state index >= 15 is 0 Å². The molecule has 1 aromatic carbocycles. The van der Waals surface area contributed by atoms with Gasteiger partial charge >= 0.3 is 0 Å². The van der Waals surface area contributed by atoms with Crippen molar-refractivity contribution < 1.29 is 4.74 Å². The van der Waals surface area contributed by atoms with Crippen LogP contribution in [0.1, 0.15) is 32.6 Å². The molecule has 0 spiro atoms. The van der Waals surface area contributed by atoms with Crippen LogP contribution in [0.15, 0.2) is 30.6 Å². The Labute approximate surface area is 108 Å². The fraction of sp³-hybridized carbons (Fsp3) is 0.400. The summed E-state index contributed by atoms with van der Waals surface area (Å²) in [5, 5.41) is 2.00. The van der Waals surface area contributed by atoms with Crippen LogP contribution in [0.3, 0.4) is 0 Å². The lowest BCUT2D eigenvalue weighted by molar-refractivity contribution is 0.308. The van der Waals surface area contributed by atoms with Crippen LogP contribution in [0.25, 0.3) is 10.8 Å². The van der Waals surface area contributed by atoms with Gasteiger partial charge in [-0.05, 0) is 24.6 Å². The Hall–Kier alpha value is -1.77. The van der Waals surface area contributed by atoms with Gasteiger partial charge in [0.1, 0.15) is 5.75 Å². The van der Waals surface area contributed by atoms with Gasteiger partial charge in [0.2, 0.25) is 0 Å². The Morgan fingerprint density at radius 1 is 1.11 bits per heavy atom. The molecule has 3 nitrogen and oxygen atoms in total. The number of benzene rings is 1. The summed E-state index contributed by atoms with van der Waals surface area (Å²) in [6.45, 7) is 2.97. The lowest BCUT2D eigenvalue weighted by atomic mass is 10.1. The molecule has 0 radical (unpaired) electrons. The quantitative estimate of drug-likeness (QED) is 0.621. The average Bonchev–Trinajstić information content (AvgIpc) is 2.41. The fourth-order valence-electron chi connectivity index (χ4n) is 2.02. The third-order valence-electron chi connectivity index (χ3n) is 3.07. The minimum Gasteiger partial charge on any atom is -0.493 e. The van der Waals surface area contributed by atoms with Gasteiger partial charge in [-0.3, -0.25) is 4.98 Å². The number of nitrogen functional groups attached to an aromatic ring is 1. The molecule has 1 heterocycles. The van der Waals surface area contributed by atoms with Crippen LogP contribution in [0.4, 0.5) is 5.69 Å². The average molecular weight is 244 g/mol. The third-order valence-corrected chi connectivity index (χ3v) is 3.07. The van der Waals surface area contributed by atoms with E-state index in [0.29, 0.717) is 0 Å². The Bertz CT molecular complexity index is 511. The standard InChI is InChI=1S/C15H20N2O/c1-2-3-4-5-10-18-15-7-6-14(16)12-8-9-17-11-13(12)15/h6-9,11H,2-5,10,16H2,1H3. The summed E-state index contributed by atoms with van der Waals surface area (Å²) in [5.41, 5.74) is 6.71. The van der Waals surface area contributed by atoms with Crippen LogP contribution in [0, 0.1) is 0 Å². The van der Waals surface area contributed by atoms with Crippen molar-refractivity contribution in [2.24, 2.45) is 0 Å². The fourth-order valence-corrected chi connectivity index (χ4v) is 2.02. The van der Waals surface area contributed by atoms with Crippen molar-refractivity contribution in [1.82, 2.24) is 4.98 Å². The number of anilines is 1. The highest BCUT2D eigenvalue weighted by Gasteiger charge is 2.04. The van der Waals surface area contributed by atoms with Crippen molar-refractivity contribution >= 4 is 16.5 Å². The van der Waals surface area contributed by atoms with Crippen molar-refractivity contribution in [3.63, 3.8) is 0 Å². The Morgan fingerprint density at radius 2 is 2.00 bits per heavy atom. The van der Waals surface area contributed by atoms with Crippen LogP contribution >= 0.6 is 0 Å². The van der Waals surface area contributed by atoms with E-state index in [1.807, 2.05) is 24.4 Å². The Balaban J connectivity index is 2.07. The van der Waals surface area contributed by atoms with Crippen LogP contribution in [-0.4, -0.2) is 11.6 Å². The minimum atomic E-state index is 0.758. The summed E-state index contributed by atoms with van der Waals surface area (Å²) in [7, 11) is 0. The first-order valence-corrected chi connectivity index (χ1v) is 6.58. The molecule has 0 aliphatic heterocycles. The molecule has 2 aromatic rings. The van der Waals surface area contributed by atoms with E-state index in [2.05, 4.69) is 11.9 Å². The molecule has 1 aromatic heterocycles. The molecular formula is C15H20N2O. The van der Waals surface area contributed by atoms with Gasteiger partial charge in [0.25, 0.3) is 0 Å². The molecule has 0 bridgehead atoms. The van der Waals surface area contributed by atoms with Crippen molar-refractivity contribution in [1.29, 1.82) is 0 Å². The maximum Gasteiger partial charge on any atom is 0.128 e. The molecule has 96 valence electrons. The molecule has 0 saturated carbocycles. The van der Waals surface area contributed by atoms with Crippen LogP contribution in [0.5, 0.6) is 5.75 Å².